The summed E-state index contributed by atoms with van der Waals surface area (Å²) in [6.07, 6.45) is 1.15. The summed E-state index contributed by atoms with van der Waals surface area (Å²) >= 11 is 1.68. The fraction of sp³-hybridized carbons (Fsp3) is 0.200. The van der Waals surface area contributed by atoms with Gasteiger partial charge in [0.25, 0.3) is 5.91 Å². The Hall–Kier alpha value is -3.26. The molecular formula is C20H18N4O3S. The van der Waals surface area contributed by atoms with Gasteiger partial charge in [0, 0.05) is 18.5 Å². The van der Waals surface area contributed by atoms with Crippen LogP contribution >= 0.6 is 11.3 Å². The van der Waals surface area contributed by atoms with Gasteiger partial charge in [0.1, 0.15) is 6.04 Å². The Labute approximate surface area is 165 Å². The molecule has 0 radical (unpaired) electrons. The number of thiazole rings is 1. The van der Waals surface area contributed by atoms with E-state index in [0.29, 0.717) is 5.69 Å². The lowest BCUT2D eigenvalue weighted by Crippen LogP contribution is -2.30. The van der Waals surface area contributed by atoms with Crippen molar-refractivity contribution in [2.75, 3.05) is 5.32 Å². The predicted octanol–water partition coefficient (Wildman–Crippen LogP) is 2.81. The zero-order valence-corrected chi connectivity index (χ0v) is 15.7. The number of anilines is 1. The van der Waals surface area contributed by atoms with Gasteiger partial charge >= 0.3 is 6.03 Å². The van der Waals surface area contributed by atoms with Gasteiger partial charge in [-0.3, -0.25) is 14.9 Å². The van der Waals surface area contributed by atoms with Crippen molar-refractivity contribution in [2.24, 2.45) is 0 Å². The molecule has 1 aliphatic heterocycles. The summed E-state index contributed by atoms with van der Waals surface area (Å²) in [5, 5.41) is 8.49. The number of carbonyl (C=O) groups excluding carboxylic acids is 3. The Kier molecular flexibility index (Phi) is 5.03. The molecule has 7 nitrogen and oxygen atoms in total. The molecule has 0 bridgehead atoms. The van der Waals surface area contributed by atoms with Crippen LogP contribution < -0.4 is 16.0 Å². The fourth-order valence-electron chi connectivity index (χ4n) is 3.04. The molecular weight excluding hydrogens is 376 g/mol. The maximum atomic E-state index is 12.1. The minimum atomic E-state index is -0.644. The molecule has 1 saturated heterocycles. The van der Waals surface area contributed by atoms with E-state index in [1.54, 1.807) is 11.3 Å². The summed E-state index contributed by atoms with van der Waals surface area (Å²) in [6, 6.07) is 14.5. The lowest BCUT2D eigenvalue weighted by molar-refractivity contribution is -0.120. The molecule has 142 valence electrons. The SMILES string of the molecule is O=C(CCC1NC(=O)NC1=O)Nc1ccc(Cc2nc3ccccc3s2)cc1. The van der Waals surface area contributed by atoms with E-state index >= 15 is 0 Å². The molecule has 1 aromatic heterocycles. The van der Waals surface area contributed by atoms with Crippen LogP contribution in [0.5, 0.6) is 0 Å². The Morgan fingerprint density at radius 1 is 1.11 bits per heavy atom. The van der Waals surface area contributed by atoms with Crippen LogP contribution in [0, 0.1) is 0 Å². The Bertz CT molecular complexity index is 1010. The van der Waals surface area contributed by atoms with E-state index in [1.165, 1.54) is 4.70 Å². The second-order valence-corrected chi connectivity index (χ2v) is 7.67. The van der Waals surface area contributed by atoms with Crippen molar-refractivity contribution in [2.45, 2.75) is 25.3 Å². The van der Waals surface area contributed by atoms with E-state index in [2.05, 4.69) is 27.0 Å². The average Bonchev–Trinajstić information content (AvgIpc) is 3.23. The minimum Gasteiger partial charge on any atom is -0.326 e. The first-order valence-corrected chi connectivity index (χ1v) is 9.73. The van der Waals surface area contributed by atoms with Gasteiger partial charge in [-0.05, 0) is 36.2 Å². The molecule has 28 heavy (non-hydrogen) atoms. The van der Waals surface area contributed by atoms with E-state index in [0.717, 1.165) is 22.5 Å². The zero-order chi connectivity index (χ0) is 19.5. The number of amides is 4. The first-order chi connectivity index (χ1) is 13.6. The highest BCUT2D eigenvalue weighted by Crippen LogP contribution is 2.24. The Morgan fingerprint density at radius 3 is 2.61 bits per heavy atom. The van der Waals surface area contributed by atoms with E-state index < -0.39 is 18.0 Å². The molecule has 8 heteroatoms. The predicted molar refractivity (Wildman–Crippen MR) is 107 cm³/mol. The summed E-state index contributed by atoms with van der Waals surface area (Å²) in [6.45, 7) is 0. The van der Waals surface area contributed by atoms with Gasteiger partial charge in [-0.1, -0.05) is 24.3 Å². The fourth-order valence-corrected chi connectivity index (χ4v) is 4.04. The lowest BCUT2D eigenvalue weighted by atomic mass is 10.1. The molecule has 3 N–H and O–H groups in total. The number of benzene rings is 2. The molecule has 0 saturated carbocycles. The number of imide groups is 1. The molecule has 0 spiro atoms. The number of urea groups is 1. The van der Waals surface area contributed by atoms with Crippen LogP contribution in [0.4, 0.5) is 10.5 Å². The normalized spacial score (nSPS) is 16.1. The van der Waals surface area contributed by atoms with Crippen molar-refractivity contribution in [1.29, 1.82) is 0 Å². The van der Waals surface area contributed by atoms with Crippen LogP contribution in [0.25, 0.3) is 10.2 Å². The van der Waals surface area contributed by atoms with Crippen LogP contribution in [-0.4, -0.2) is 28.9 Å². The van der Waals surface area contributed by atoms with Crippen molar-refractivity contribution < 1.29 is 14.4 Å². The number of fused-ring (bicyclic) bond motifs is 1. The molecule has 0 aliphatic carbocycles. The summed E-state index contributed by atoms with van der Waals surface area (Å²) in [7, 11) is 0. The summed E-state index contributed by atoms with van der Waals surface area (Å²) in [5.41, 5.74) is 2.82. The van der Waals surface area contributed by atoms with Crippen molar-refractivity contribution >= 4 is 45.1 Å². The number of nitrogens with one attached hydrogen (secondary N) is 3. The van der Waals surface area contributed by atoms with E-state index in [9.17, 15) is 14.4 Å². The second-order valence-electron chi connectivity index (χ2n) is 6.55. The van der Waals surface area contributed by atoms with Crippen molar-refractivity contribution in [3.8, 4) is 0 Å². The number of rotatable bonds is 6. The van der Waals surface area contributed by atoms with Gasteiger partial charge in [-0.15, -0.1) is 11.3 Å². The van der Waals surface area contributed by atoms with E-state index in [4.69, 9.17) is 0 Å². The number of carbonyl (C=O) groups is 3. The third-order valence-corrected chi connectivity index (χ3v) is 5.49. The number of nitrogens with zero attached hydrogens (tertiary/aromatic N) is 1. The average molecular weight is 394 g/mol. The number of para-hydroxylation sites is 1. The summed E-state index contributed by atoms with van der Waals surface area (Å²) in [4.78, 5) is 39.2. The minimum absolute atomic E-state index is 0.145. The quantitative estimate of drug-likeness (QED) is 0.560. The smallest absolute Gasteiger partial charge is 0.322 e. The van der Waals surface area contributed by atoms with Crippen LogP contribution in [0.1, 0.15) is 23.4 Å². The summed E-state index contributed by atoms with van der Waals surface area (Å²) in [5.74, 6) is -0.593. The highest BCUT2D eigenvalue weighted by molar-refractivity contribution is 7.18. The second kappa shape index (κ2) is 7.77. The lowest BCUT2D eigenvalue weighted by Gasteiger charge is -2.08. The number of hydrogen-bond acceptors (Lipinski definition) is 5. The largest absolute Gasteiger partial charge is 0.326 e. The molecule has 1 unspecified atom stereocenters. The van der Waals surface area contributed by atoms with Crippen LogP contribution in [0.3, 0.4) is 0 Å². The van der Waals surface area contributed by atoms with Crippen LogP contribution in [0.15, 0.2) is 48.5 Å². The monoisotopic (exact) mass is 394 g/mol. The van der Waals surface area contributed by atoms with Crippen LogP contribution in [0.2, 0.25) is 0 Å². The maximum absolute atomic E-state index is 12.1. The Morgan fingerprint density at radius 2 is 1.89 bits per heavy atom. The standard InChI is InChI=1S/C20H18N4O3S/c25-17(10-9-15-19(26)24-20(27)23-15)21-13-7-5-12(6-8-13)11-18-22-14-3-1-2-4-16(14)28-18/h1-8,15H,9-11H2,(H,21,25)(H2,23,24,26,27). The highest BCUT2D eigenvalue weighted by Gasteiger charge is 2.29. The Balaban J connectivity index is 1.31. The molecule has 2 heterocycles. The van der Waals surface area contributed by atoms with E-state index in [-0.39, 0.29) is 18.7 Å². The maximum Gasteiger partial charge on any atom is 0.322 e. The van der Waals surface area contributed by atoms with Crippen molar-refractivity contribution in [1.82, 2.24) is 15.6 Å². The number of aromatic nitrogens is 1. The molecule has 3 aromatic rings. The number of hydrogen-bond donors (Lipinski definition) is 3. The topological polar surface area (TPSA) is 100 Å². The summed E-state index contributed by atoms with van der Waals surface area (Å²) < 4.78 is 1.17. The van der Waals surface area contributed by atoms with Crippen molar-refractivity contribution in [3.05, 3.63) is 59.1 Å². The van der Waals surface area contributed by atoms with Gasteiger partial charge in [-0.25, -0.2) is 9.78 Å². The van der Waals surface area contributed by atoms with Gasteiger partial charge in [-0.2, -0.15) is 0 Å². The molecule has 1 atom stereocenters. The van der Waals surface area contributed by atoms with Crippen molar-refractivity contribution in [3.63, 3.8) is 0 Å². The molecule has 4 amide bonds. The van der Waals surface area contributed by atoms with Gasteiger partial charge in [0.15, 0.2) is 0 Å². The molecule has 1 aliphatic rings. The first kappa shape index (κ1) is 18.1. The molecule has 4 rings (SSSR count). The van der Waals surface area contributed by atoms with Gasteiger partial charge < -0.3 is 10.6 Å². The van der Waals surface area contributed by atoms with Crippen LogP contribution in [-0.2, 0) is 16.0 Å². The van der Waals surface area contributed by atoms with Gasteiger partial charge in [0.05, 0.1) is 15.2 Å². The zero-order valence-electron chi connectivity index (χ0n) is 14.9. The highest BCUT2D eigenvalue weighted by atomic mass is 32.1. The third kappa shape index (κ3) is 4.17. The first-order valence-electron chi connectivity index (χ1n) is 8.91. The molecule has 2 aromatic carbocycles. The van der Waals surface area contributed by atoms with Gasteiger partial charge in [0.2, 0.25) is 5.91 Å². The molecule has 1 fully saturated rings. The third-order valence-electron chi connectivity index (χ3n) is 4.45. The van der Waals surface area contributed by atoms with E-state index in [1.807, 2.05) is 42.5 Å².